The first-order valence-corrected chi connectivity index (χ1v) is 6.89. The van der Waals surface area contributed by atoms with Gasteiger partial charge in [-0.25, -0.2) is 0 Å². The third-order valence-corrected chi connectivity index (χ3v) is 3.43. The van der Waals surface area contributed by atoms with Crippen LogP contribution in [0.5, 0.6) is 0 Å². The fourth-order valence-corrected chi connectivity index (χ4v) is 1.90. The Morgan fingerprint density at radius 1 is 1.26 bits per heavy atom. The van der Waals surface area contributed by atoms with Crippen molar-refractivity contribution in [1.29, 1.82) is 0 Å². The molecular weight excluding hydrogens is 236 g/mol. The van der Waals surface area contributed by atoms with Gasteiger partial charge in [-0.3, -0.25) is 9.67 Å². The largest absolute Gasteiger partial charge is 0.303 e. The standard InChI is InChI=1S/C15H22N4/c1-4-12(2)19-10-8-14(18-19)11-17-13(3)15-7-5-6-9-16-15/h5-10,12-13,17H,4,11H2,1-3H3/t12?,13-/m0/s1. The van der Waals surface area contributed by atoms with E-state index in [0.717, 1.165) is 24.4 Å². The molecule has 0 aliphatic heterocycles. The number of aromatic nitrogens is 3. The molecule has 0 amide bonds. The number of hydrogen-bond acceptors (Lipinski definition) is 3. The fourth-order valence-electron chi connectivity index (χ4n) is 1.90. The molecule has 1 N–H and O–H groups in total. The fraction of sp³-hybridized carbons (Fsp3) is 0.467. The van der Waals surface area contributed by atoms with Crippen molar-refractivity contribution in [1.82, 2.24) is 20.1 Å². The van der Waals surface area contributed by atoms with Crippen molar-refractivity contribution in [2.24, 2.45) is 0 Å². The summed E-state index contributed by atoms with van der Waals surface area (Å²) in [5, 5.41) is 8.03. The van der Waals surface area contributed by atoms with E-state index in [4.69, 9.17) is 0 Å². The minimum absolute atomic E-state index is 0.231. The van der Waals surface area contributed by atoms with E-state index in [-0.39, 0.29) is 6.04 Å². The van der Waals surface area contributed by atoms with Crippen LogP contribution < -0.4 is 5.32 Å². The van der Waals surface area contributed by atoms with Gasteiger partial charge in [-0.1, -0.05) is 13.0 Å². The number of rotatable bonds is 6. The summed E-state index contributed by atoms with van der Waals surface area (Å²) in [5.74, 6) is 0. The van der Waals surface area contributed by atoms with Crippen molar-refractivity contribution in [2.45, 2.75) is 45.8 Å². The Balaban J connectivity index is 1.90. The first-order chi connectivity index (χ1) is 9.20. The van der Waals surface area contributed by atoms with E-state index in [1.165, 1.54) is 0 Å². The molecule has 2 aromatic heterocycles. The van der Waals surface area contributed by atoms with Crippen molar-refractivity contribution in [3.8, 4) is 0 Å². The lowest BCUT2D eigenvalue weighted by Crippen LogP contribution is -2.19. The van der Waals surface area contributed by atoms with E-state index in [9.17, 15) is 0 Å². The van der Waals surface area contributed by atoms with Crippen molar-refractivity contribution < 1.29 is 0 Å². The molecule has 2 heterocycles. The first-order valence-electron chi connectivity index (χ1n) is 6.89. The lowest BCUT2D eigenvalue weighted by molar-refractivity contribution is 0.467. The third-order valence-electron chi connectivity index (χ3n) is 3.43. The quantitative estimate of drug-likeness (QED) is 0.865. The Morgan fingerprint density at radius 2 is 2.11 bits per heavy atom. The lowest BCUT2D eigenvalue weighted by Gasteiger charge is -2.12. The second-order valence-electron chi connectivity index (χ2n) is 4.90. The molecule has 2 aromatic rings. The van der Waals surface area contributed by atoms with Gasteiger partial charge < -0.3 is 5.32 Å². The zero-order valence-electron chi connectivity index (χ0n) is 11.9. The zero-order chi connectivity index (χ0) is 13.7. The maximum atomic E-state index is 4.58. The number of hydrogen-bond donors (Lipinski definition) is 1. The summed E-state index contributed by atoms with van der Waals surface area (Å²) in [6.45, 7) is 7.24. The predicted molar refractivity (Wildman–Crippen MR) is 76.7 cm³/mol. The summed E-state index contributed by atoms with van der Waals surface area (Å²) in [5.41, 5.74) is 2.13. The molecule has 19 heavy (non-hydrogen) atoms. The van der Waals surface area contributed by atoms with E-state index in [2.05, 4.69) is 48.4 Å². The molecule has 2 atom stereocenters. The van der Waals surface area contributed by atoms with Crippen LogP contribution in [0.4, 0.5) is 0 Å². The number of pyridine rings is 1. The van der Waals surface area contributed by atoms with E-state index in [1.54, 1.807) is 0 Å². The number of nitrogens with one attached hydrogen (secondary N) is 1. The van der Waals surface area contributed by atoms with Crippen LogP contribution in [0, 0.1) is 0 Å². The van der Waals surface area contributed by atoms with Gasteiger partial charge in [0.25, 0.3) is 0 Å². The highest BCUT2D eigenvalue weighted by molar-refractivity contribution is 5.08. The van der Waals surface area contributed by atoms with Gasteiger partial charge in [0.05, 0.1) is 11.4 Å². The molecule has 4 heteroatoms. The summed E-state index contributed by atoms with van der Waals surface area (Å²) < 4.78 is 2.03. The predicted octanol–water partition coefficient (Wildman–Crippen LogP) is 3.10. The van der Waals surface area contributed by atoms with Crippen molar-refractivity contribution in [3.05, 3.63) is 48.0 Å². The monoisotopic (exact) mass is 258 g/mol. The van der Waals surface area contributed by atoms with E-state index < -0.39 is 0 Å². The molecule has 2 rings (SSSR count). The van der Waals surface area contributed by atoms with Crippen LogP contribution >= 0.6 is 0 Å². The van der Waals surface area contributed by atoms with Crippen LogP contribution in [0.2, 0.25) is 0 Å². The normalized spacial score (nSPS) is 14.3. The number of nitrogens with zero attached hydrogens (tertiary/aromatic N) is 3. The van der Waals surface area contributed by atoms with Gasteiger partial charge in [0.15, 0.2) is 0 Å². The van der Waals surface area contributed by atoms with Crippen LogP contribution in [0.25, 0.3) is 0 Å². The van der Waals surface area contributed by atoms with Crippen molar-refractivity contribution in [2.75, 3.05) is 0 Å². The van der Waals surface area contributed by atoms with Gasteiger partial charge in [0.1, 0.15) is 0 Å². The average Bonchev–Trinajstić information content (AvgIpc) is 2.93. The summed E-state index contributed by atoms with van der Waals surface area (Å²) in [4.78, 5) is 4.35. The smallest absolute Gasteiger partial charge is 0.0762 e. The maximum absolute atomic E-state index is 4.58. The first kappa shape index (κ1) is 13.7. The third kappa shape index (κ3) is 3.64. The summed E-state index contributed by atoms with van der Waals surface area (Å²) in [6.07, 6.45) is 4.97. The Bertz CT molecular complexity index is 492. The Labute approximate surface area is 114 Å². The second kappa shape index (κ2) is 6.48. The average molecular weight is 258 g/mol. The molecule has 0 aliphatic carbocycles. The SMILES string of the molecule is CCC(C)n1ccc(CN[C@@H](C)c2ccccn2)n1. The molecule has 0 saturated heterocycles. The molecule has 0 radical (unpaired) electrons. The van der Waals surface area contributed by atoms with E-state index >= 15 is 0 Å². The maximum Gasteiger partial charge on any atom is 0.0762 e. The van der Waals surface area contributed by atoms with Gasteiger partial charge in [-0.2, -0.15) is 5.10 Å². The highest BCUT2D eigenvalue weighted by atomic mass is 15.3. The Kier molecular flexibility index (Phi) is 4.68. The topological polar surface area (TPSA) is 42.7 Å². The molecule has 0 saturated carbocycles. The highest BCUT2D eigenvalue weighted by Crippen LogP contribution is 2.11. The van der Waals surface area contributed by atoms with Gasteiger partial charge in [0, 0.05) is 31.0 Å². The second-order valence-corrected chi connectivity index (χ2v) is 4.90. The Hall–Kier alpha value is -1.68. The van der Waals surface area contributed by atoms with E-state index in [1.807, 2.05) is 29.1 Å². The molecule has 4 nitrogen and oxygen atoms in total. The summed E-state index contributed by atoms with van der Waals surface area (Å²) >= 11 is 0. The van der Waals surface area contributed by atoms with Crippen LogP contribution in [-0.2, 0) is 6.54 Å². The minimum atomic E-state index is 0.231. The van der Waals surface area contributed by atoms with Gasteiger partial charge in [0.2, 0.25) is 0 Å². The minimum Gasteiger partial charge on any atom is -0.303 e. The highest BCUT2D eigenvalue weighted by Gasteiger charge is 2.08. The lowest BCUT2D eigenvalue weighted by atomic mass is 10.2. The molecule has 0 bridgehead atoms. The summed E-state index contributed by atoms with van der Waals surface area (Å²) in [6, 6.07) is 8.75. The van der Waals surface area contributed by atoms with Crippen molar-refractivity contribution >= 4 is 0 Å². The molecule has 102 valence electrons. The van der Waals surface area contributed by atoms with Crippen LogP contribution in [0.15, 0.2) is 36.7 Å². The van der Waals surface area contributed by atoms with Crippen LogP contribution in [-0.4, -0.2) is 14.8 Å². The van der Waals surface area contributed by atoms with Gasteiger partial charge in [-0.15, -0.1) is 0 Å². The van der Waals surface area contributed by atoms with Gasteiger partial charge >= 0.3 is 0 Å². The summed E-state index contributed by atoms with van der Waals surface area (Å²) in [7, 11) is 0. The zero-order valence-corrected chi connectivity index (χ0v) is 11.9. The molecule has 0 fully saturated rings. The van der Waals surface area contributed by atoms with E-state index in [0.29, 0.717) is 6.04 Å². The van der Waals surface area contributed by atoms with Gasteiger partial charge in [-0.05, 0) is 38.5 Å². The van der Waals surface area contributed by atoms with Crippen molar-refractivity contribution in [3.63, 3.8) is 0 Å². The Morgan fingerprint density at radius 3 is 2.79 bits per heavy atom. The molecule has 0 spiro atoms. The van der Waals surface area contributed by atoms with Crippen LogP contribution in [0.3, 0.4) is 0 Å². The van der Waals surface area contributed by atoms with Crippen LogP contribution in [0.1, 0.15) is 50.7 Å². The molecule has 0 aliphatic rings. The molecule has 1 unspecified atom stereocenters. The molecule has 0 aromatic carbocycles. The molecular formula is C15H22N4.